The Kier molecular flexibility index (Phi) is 1.45. The summed E-state index contributed by atoms with van der Waals surface area (Å²) in [6.45, 7) is 2.11. The highest BCUT2D eigenvalue weighted by Gasteiger charge is 2.70. The second-order valence-electron chi connectivity index (χ2n) is 4.55. The zero-order chi connectivity index (χ0) is 9.08. The van der Waals surface area contributed by atoms with E-state index in [4.69, 9.17) is 0 Å². The molecule has 1 rings (SSSR count). The molecule has 0 aromatic carbocycles. The first-order valence-electron chi connectivity index (χ1n) is 3.82. The second kappa shape index (κ2) is 1.78. The summed E-state index contributed by atoms with van der Waals surface area (Å²) >= 11 is 0. The highest BCUT2D eigenvalue weighted by atomic mass is 19.4. The molecular weight excluding hydrogens is 152 g/mol. The van der Waals surface area contributed by atoms with Crippen LogP contribution in [0.15, 0.2) is 0 Å². The predicted octanol–water partition coefficient (Wildman–Crippen LogP) is 3.27. The van der Waals surface area contributed by atoms with Crippen molar-refractivity contribution in [2.75, 3.05) is 0 Å². The quantitative estimate of drug-likeness (QED) is 0.523. The van der Waals surface area contributed by atoms with E-state index in [1.807, 2.05) is 0 Å². The Labute approximate surface area is 65.2 Å². The van der Waals surface area contributed by atoms with Crippen LogP contribution in [0, 0.1) is 10.8 Å². The van der Waals surface area contributed by atoms with Crippen LogP contribution in [0.2, 0.25) is 5.82 Å². The van der Waals surface area contributed by atoms with Crippen molar-refractivity contribution in [3.05, 3.63) is 0 Å². The summed E-state index contributed by atoms with van der Waals surface area (Å²) in [7, 11) is 0. The van der Waals surface area contributed by atoms with Crippen molar-refractivity contribution in [1.29, 1.82) is 0 Å². The average Bonchev–Trinajstić information content (AvgIpc) is 1.93. The molecule has 0 nitrogen and oxygen atoms in total. The lowest BCUT2D eigenvalue weighted by Crippen LogP contribution is -2.18. The van der Waals surface area contributed by atoms with Gasteiger partial charge < -0.3 is 12.9 Å². The number of hydrogen-bond donors (Lipinski definition) is 0. The summed E-state index contributed by atoms with van der Waals surface area (Å²) in [6.07, 6.45) is 0. The van der Waals surface area contributed by atoms with Gasteiger partial charge in [0, 0.05) is 0 Å². The lowest BCUT2D eigenvalue weighted by Gasteiger charge is -2.15. The van der Waals surface area contributed by atoms with Crippen LogP contribution >= 0.6 is 0 Å². The van der Waals surface area contributed by atoms with Crippen LogP contribution in [0.5, 0.6) is 0 Å². The molecule has 0 heterocycles. The molecule has 0 unspecified atom stereocenters. The zero-order valence-corrected chi connectivity index (χ0v) is 7.29. The molecule has 0 saturated heterocycles. The minimum Gasteiger partial charge on any atom is -0.449 e. The monoisotopic (exact) mass is 165 g/mol. The number of hydrogen-bond acceptors (Lipinski definition) is 0. The first-order chi connectivity index (χ1) is 4.62. The molecule has 4 heteroatoms. The van der Waals surface area contributed by atoms with E-state index in [9.17, 15) is 12.9 Å². The maximum atomic E-state index is 12.3. The van der Waals surface area contributed by atoms with Gasteiger partial charge in [-0.1, -0.05) is 44.3 Å². The second-order valence-corrected chi connectivity index (χ2v) is 4.55. The Bertz CT molecular complexity index is 167. The predicted molar refractivity (Wildman–Crippen MR) is 40.4 cm³/mol. The van der Waals surface area contributed by atoms with Gasteiger partial charge in [-0.25, -0.2) is 0 Å². The van der Waals surface area contributed by atoms with Gasteiger partial charge in [-0.2, -0.15) is 0 Å². The van der Waals surface area contributed by atoms with E-state index < -0.39 is 23.6 Å². The number of rotatable bonds is 1. The third kappa shape index (κ3) is 0.984. The summed E-state index contributed by atoms with van der Waals surface area (Å²) in [5.74, 6) is -1.06. The van der Waals surface area contributed by atoms with Gasteiger partial charge in [-0.3, -0.25) is 0 Å². The van der Waals surface area contributed by atoms with Crippen molar-refractivity contribution in [2.24, 2.45) is 10.8 Å². The van der Waals surface area contributed by atoms with Gasteiger partial charge in [-0.15, -0.1) is 0 Å². The Morgan fingerprint density at radius 2 is 1.18 bits per heavy atom. The fourth-order valence-corrected chi connectivity index (χ4v) is 2.19. The van der Waals surface area contributed by atoms with Crippen LogP contribution in [0.25, 0.3) is 0 Å². The van der Waals surface area contributed by atoms with E-state index in [2.05, 4.69) is 0 Å². The summed E-state index contributed by atoms with van der Waals surface area (Å²) in [5, 5.41) is 0. The summed E-state index contributed by atoms with van der Waals surface area (Å²) in [4.78, 5) is 0. The van der Waals surface area contributed by atoms with Crippen LogP contribution in [-0.4, -0.2) is 6.98 Å². The van der Waals surface area contributed by atoms with Crippen LogP contribution in [0.3, 0.4) is 0 Å². The van der Waals surface area contributed by atoms with Crippen molar-refractivity contribution in [1.82, 2.24) is 0 Å². The average molecular weight is 165 g/mol. The first-order valence-corrected chi connectivity index (χ1v) is 3.82. The highest BCUT2D eigenvalue weighted by Crippen LogP contribution is 2.77. The maximum Gasteiger partial charge on any atom is 0.482 e. The minimum atomic E-state index is -4.64. The van der Waals surface area contributed by atoms with E-state index in [1.54, 1.807) is 27.7 Å². The van der Waals surface area contributed by atoms with E-state index in [0.717, 1.165) is 0 Å². The smallest absolute Gasteiger partial charge is 0.449 e. The van der Waals surface area contributed by atoms with Crippen LogP contribution in [-0.2, 0) is 0 Å². The Balaban J connectivity index is 2.84. The van der Waals surface area contributed by atoms with Gasteiger partial charge in [0.25, 0.3) is 0 Å². The zero-order valence-electron chi connectivity index (χ0n) is 7.29. The van der Waals surface area contributed by atoms with Crippen LogP contribution in [0.1, 0.15) is 27.7 Å². The molecular formula is C7H13BF3-. The SMILES string of the molecule is CC1(C)C([B-](F)(F)F)C1(C)C. The number of halogens is 3. The summed E-state index contributed by atoms with van der Waals surface area (Å²) in [6, 6.07) is 0. The third-order valence-corrected chi connectivity index (χ3v) is 3.51. The lowest BCUT2D eigenvalue weighted by molar-refractivity contribution is 0.446. The molecule has 1 saturated carbocycles. The molecule has 0 atom stereocenters. The van der Waals surface area contributed by atoms with Gasteiger partial charge in [-0.05, 0) is 0 Å². The van der Waals surface area contributed by atoms with Gasteiger partial charge in [0.1, 0.15) is 0 Å². The van der Waals surface area contributed by atoms with E-state index in [0.29, 0.717) is 0 Å². The molecule has 66 valence electrons. The third-order valence-electron chi connectivity index (χ3n) is 3.51. The van der Waals surface area contributed by atoms with Crippen LogP contribution < -0.4 is 0 Å². The molecule has 1 aliphatic carbocycles. The standard InChI is InChI=1S/C7H13BF3/c1-6(2)5(7(6,3)4)8(9,10)11/h5H,1-4H3/q-1. The Hall–Kier alpha value is -0.145. The van der Waals surface area contributed by atoms with Crippen molar-refractivity contribution in [3.63, 3.8) is 0 Å². The molecule has 1 fully saturated rings. The Morgan fingerprint density at radius 1 is 0.909 bits per heavy atom. The molecule has 0 amide bonds. The summed E-state index contributed by atoms with van der Waals surface area (Å²) < 4.78 is 36.9. The largest absolute Gasteiger partial charge is 0.482 e. The van der Waals surface area contributed by atoms with Crippen LogP contribution in [0.4, 0.5) is 12.9 Å². The fourth-order valence-electron chi connectivity index (χ4n) is 2.19. The maximum absolute atomic E-state index is 12.3. The fraction of sp³-hybridized carbons (Fsp3) is 1.00. The van der Waals surface area contributed by atoms with Crippen molar-refractivity contribution in [2.45, 2.75) is 33.5 Å². The molecule has 11 heavy (non-hydrogen) atoms. The molecule has 0 radical (unpaired) electrons. The van der Waals surface area contributed by atoms with E-state index in [-0.39, 0.29) is 0 Å². The molecule has 0 aliphatic heterocycles. The van der Waals surface area contributed by atoms with Crippen molar-refractivity contribution in [3.8, 4) is 0 Å². The molecule has 0 aromatic heterocycles. The Morgan fingerprint density at radius 3 is 1.18 bits per heavy atom. The summed E-state index contributed by atoms with van der Waals surface area (Å²) in [5.41, 5.74) is -1.10. The van der Waals surface area contributed by atoms with Gasteiger partial charge in [0.05, 0.1) is 0 Å². The molecule has 0 spiro atoms. The van der Waals surface area contributed by atoms with E-state index >= 15 is 0 Å². The lowest BCUT2D eigenvalue weighted by atomic mass is 9.77. The van der Waals surface area contributed by atoms with Gasteiger partial charge in [0.2, 0.25) is 0 Å². The highest BCUT2D eigenvalue weighted by molar-refractivity contribution is 6.61. The first kappa shape index (κ1) is 8.95. The normalized spacial score (nSPS) is 28.6. The van der Waals surface area contributed by atoms with Gasteiger partial charge in [0.15, 0.2) is 0 Å². The molecule has 0 aromatic rings. The van der Waals surface area contributed by atoms with Gasteiger partial charge >= 0.3 is 6.98 Å². The van der Waals surface area contributed by atoms with Crippen molar-refractivity contribution >= 4 is 6.98 Å². The molecule has 1 aliphatic rings. The van der Waals surface area contributed by atoms with Crippen molar-refractivity contribution < 1.29 is 12.9 Å². The molecule has 0 N–H and O–H groups in total. The topological polar surface area (TPSA) is 0 Å². The molecule has 0 bridgehead atoms. The minimum absolute atomic E-state index is 0.550. The van der Waals surface area contributed by atoms with E-state index in [1.165, 1.54) is 0 Å².